The molecular weight excluding hydrogens is 566 g/mol. The number of nitrogens with one attached hydrogen (secondary N) is 2. The first-order chi connectivity index (χ1) is 18.3. The molecule has 0 spiro atoms. The smallest absolute Gasteiger partial charge is 0.262 e. The van der Waals surface area contributed by atoms with Gasteiger partial charge in [-0.3, -0.25) is 9.59 Å². The molecule has 38 heavy (non-hydrogen) atoms. The van der Waals surface area contributed by atoms with E-state index in [-0.39, 0.29) is 11.8 Å². The van der Waals surface area contributed by atoms with Crippen molar-refractivity contribution in [3.8, 4) is 5.75 Å². The highest BCUT2D eigenvalue weighted by Crippen LogP contribution is 2.27. The van der Waals surface area contributed by atoms with E-state index in [1.807, 2.05) is 74.5 Å². The fraction of sp³-hybridized carbons (Fsp3) is 0.167. The minimum absolute atomic E-state index is 0.163. The van der Waals surface area contributed by atoms with Gasteiger partial charge >= 0.3 is 0 Å². The van der Waals surface area contributed by atoms with E-state index in [1.54, 1.807) is 30.5 Å². The minimum Gasteiger partial charge on any atom is -0.488 e. The molecular formula is C30H27BrClN3O3. The molecule has 0 saturated heterocycles. The molecule has 2 amide bonds. The number of carbonyl (C=O) groups excluding carboxylic acids is 2. The van der Waals surface area contributed by atoms with E-state index in [0.717, 1.165) is 26.4 Å². The van der Waals surface area contributed by atoms with Crippen LogP contribution in [-0.2, 0) is 11.4 Å². The Morgan fingerprint density at radius 2 is 1.68 bits per heavy atom. The number of ether oxygens (including phenoxy) is 1. The Balaban J connectivity index is 1.51. The molecule has 0 aliphatic rings. The summed E-state index contributed by atoms with van der Waals surface area (Å²) in [6, 6.07) is 25.4. The molecule has 0 saturated carbocycles. The number of halogens is 2. The van der Waals surface area contributed by atoms with Gasteiger partial charge in [0.25, 0.3) is 11.8 Å². The first-order valence-corrected chi connectivity index (χ1v) is 13.3. The van der Waals surface area contributed by atoms with Crippen molar-refractivity contribution >= 4 is 56.3 Å². The van der Waals surface area contributed by atoms with Gasteiger partial charge in [0.2, 0.25) is 0 Å². The Labute approximate surface area is 235 Å². The highest BCUT2D eigenvalue weighted by atomic mass is 79.9. The number of carbonyl (C=O) groups is 2. The topological polar surface area (TPSA) is 79.8 Å². The first-order valence-electron chi connectivity index (χ1n) is 12.1. The molecule has 4 aromatic rings. The van der Waals surface area contributed by atoms with Crippen LogP contribution in [0.2, 0.25) is 5.02 Å². The average Bonchev–Trinajstić information content (AvgIpc) is 2.92. The molecule has 0 radical (unpaired) electrons. The summed E-state index contributed by atoms with van der Waals surface area (Å²) in [6.07, 6.45) is 1.58. The molecule has 0 aliphatic heterocycles. The van der Waals surface area contributed by atoms with Crippen LogP contribution < -0.4 is 15.5 Å². The zero-order valence-electron chi connectivity index (χ0n) is 20.9. The van der Waals surface area contributed by atoms with Gasteiger partial charge in [0.15, 0.2) is 0 Å². The number of nitrogens with zero attached hydrogens (tertiary/aromatic N) is 1. The standard InChI is InChI=1S/C30H27BrClN3O3/c1-19(2)28(34-29(36)22-9-14-24(32)15-10-22)30(37)35-33-17-26-25-6-4-3-5-21(25)11-16-27(26)38-18-20-7-12-23(31)13-8-20/h3-17,19,28H,18H2,1-2H3,(H,34,36)(H,35,37)/b33-17+. The quantitative estimate of drug-likeness (QED) is 0.167. The van der Waals surface area contributed by atoms with Crippen molar-refractivity contribution in [2.75, 3.05) is 0 Å². The van der Waals surface area contributed by atoms with Crippen molar-refractivity contribution in [1.29, 1.82) is 0 Å². The van der Waals surface area contributed by atoms with Gasteiger partial charge in [-0.25, -0.2) is 5.43 Å². The van der Waals surface area contributed by atoms with Crippen LogP contribution in [0.25, 0.3) is 10.8 Å². The maximum Gasteiger partial charge on any atom is 0.262 e. The van der Waals surface area contributed by atoms with Gasteiger partial charge in [0.1, 0.15) is 18.4 Å². The van der Waals surface area contributed by atoms with Crippen LogP contribution in [0.4, 0.5) is 0 Å². The van der Waals surface area contributed by atoms with E-state index in [4.69, 9.17) is 16.3 Å². The Bertz CT molecular complexity index is 1450. The van der Waals surface area contributed by atoms with Gasteiger partial charge in [-0.05, 0) is 64.7 Å². The number of hydrogen-bond acceptors (Lipinski definition) is 4. The zero-order valence-corrected chi connectivity index (χ0v) is 23.3. The molecule has 0 aliphatic carbocycles. The predicted octanol–water partition coefficient (Wildman–Crippen LogP) is 6.74. The van der Waals surface area contributed by atoms with E-state index in [2.05, 4.69) is 31.8 Å². The fourth-order valence-electron chi connectivity index (χ4n) is 3.87. The molecule has 1 atom stereocenters. The lowest BCUT2D eigenvalue weighted by atomic mass is 10.0. The summed E-state index contributed by atoms with van der Waals surface area (Å²) in [5.41, 5.74) is 4.77. The highest BCUT2D eigenvalue weighted by molar-refractivity contribution is 9.10. The van der Waals surface area contributed by atoms with Gasteiger partial charge < -0.3 is 10.1 Å². The number of rotatable bonds is 9. The highest BCUT2D eigenvalue weighted by Gasteiger charge is 2.24. The largest absolute Gasteiger partial charge is 0.488 e. The summed E-state index contributed by atoms with van der Waals surface area (Å²) >= 11 is 9.36. The van der Waals surface area contributed by atoms with Crippen LogP contribution in [-0.4, -0.2) is 24.1 Å². The Kier molecular flexibility index (Phi) is 9.15. The molecule has 4 rings (SSSR count). The third kappa shape index (κ3) is 7.00. The summed E-state index contributed by atoms with van der Waals surface area (Å²) in [4.78, 5) is 25.7. The number of hydrazone groups is 1. The van der Waals surface area contributed by atoms with E-state index in [1.165, 1.54) is 0 Å². The van der Waals surface area contributed by atoms with Crippen molar-refractivity contribution in [3.05, 3.63) is 111 Å². The number of fused-ring (bicyclic) bond motifs is 1. The molecule has 2 N–H and O–H groups in total. The van der Waals surface area contributed by atoms with Crippen LogP contribution in [0.5, 0.6) is 5.75 Å². The van der Waals surface area contributed by atoms with Crippen LogP contribution in [0.1, 0.15) is 35.3 Å². The predicted molar refractivity (Wildman–Crippen MR) is 156 cm³/mol. The zero-order chi connectivity index (χ0) is 27.1. The molecule has 1 unspecified atom stereocenters. The second-order valence-corrected chi connectivity index (χ2v) is 10.4. The van der Waals surface area contributed by atoms with Gasteiger partial charge in [0, 0.05) is 20.6 Å². The molecule has 0 heterocycles. The second-order valence-electron chi connectivity index (χ2n) is 9.05. The van der Waals surface area contributed by atoms with Crippen molar-refractivity contribution in [1.82, 2.24) is 10.7 Å². The van der Waals surface area contributed by atoms with Gasteiger partial charge in [-0.2, -0.15) is 5.10 Å². The van der Waals surface area contributed by atoms with Crippen molar-refractivity contribution in [2.24, 2.45) is 11.0 Å². The van der Waals surface area contributed by atoms with Gasteiger partial charge in [-0.15, -0.1) is 0 Å². The van der Waals surface area contributed by atoms with E-state index >= 15 is 0 Å². The Morgan fingerprint density at radius 1 is 0.974 bits per heavy atom. The lowest BCUT2D eigenvalue weighted by molar-refractivity contribution is -0.123. The number of benzene rings is 4. The summed E-state index contributed by atoms with van der Waals surface area (Å²) < 4.78 is 7.14. The van der Waals surface area contributed by atoms with Crippen molar-refractivity contribution < 1.29 is 14.3 Å². The summed E-state index contributed by atoms with van der Waals surface area (Å²) in [5.74, 6) is -0.307. The molecule has 4 aromatic carbocycles. The lowest BCUT2D eigenvalue weighted by Crippen LogP contribution is -2.48. The monoisotopic (exact) mass is 591 g/mol. The van der Waals surface area contributed by atoms with Crippen LogP contribution in [0, 0.1) is 5.92 Å². The maximum absolute atomic E-state index is 13.0. The molecule has 0 aromatic heterocycles. The van der Waals surface area contributed by atoms with E-state index in [0.29, 0.717) is 22.9 Å². The van der Waals surface area contributed by atoms with Gasteiger partial charge in [-0.1, -0.05) is 83.8 Å². The fourth-order valence-corrected chi connectivity index (χ4v) is 4.26. The number of amides is 2. The van der Waals surface area contributed by atoms with Crippen molar-refractivity contribution in [2.45, 2.75) is 26.5 Å². The van der Waals surface area contributed by atoms with E-state index in [9.17, 15) is 9.59 Å². The maximum atomic E-state index is 13.0. The average molecular weight is 593 g/mol. The van der Waals surface area contributed by atoms with Crippen LogP contribution >= 0.6 is 27.5 Å². The normalized spacial score (nSPS) is 12.0. The first kappa shape index (κ1) is 27.4. The molecule has 194 valence electrons. The second kappa shape index (κ2) is 12.7. The minimum atomic E-state index is -0.782. The van der Waals surface area contributed by atoms with Crippen LogP contribution in [0.3, 0.4) is 0 Å². The summed E-state index contributed by atoms with van der Waals surface area (Å²) in [6.45, 7) is 4.09. The van der Waals surface area contributed by atoms with Gasteiger partial charge in [0.05, 0.1) is 6.21 Å². The molecule has 0 fully saturated rings. The molecule has 6 nitrogen and oxygen atoms in total. The molecule has 0 bridgehead atoms. The lowest BCUT2D eigenvalue weighted by Gasteiger charge is -2.20. The Morgan fingerprint density at radius 3 is 2.39 bits per heavy atom. The molecule has 8 heteroatoms. The third-order valence-electron chi connectivity index (χ3n) is 5.95. The van der Waals surface area contributed by atoms with E-state index < -0.39 is 11.9 Å². The summed E-state index contributed by atoms with van der Waals surface area (Å²) in [7, 11) is 0. The number of hydrogen-bond donors (Lipinski definition) is 2. The SMILES string of the molecule is CC(C)C(NC(=O)c1ccc(Cl)cc1)C(=O)N/N=C/c1c(OCc2ccc(Br)cc2)ccc2ccccc12. The van der Waals surface area contributed by atoms with Crippen molar-refractivity contribution in [3.63, 3.8) is 0 Å². The third-order valence-corrected chi connectivity index (χ3v) is 6.73. The Hall–Kier alpha value is -3.68. The van der Waals surface area contributed by atoms with Crippen LogP contribution in [0.15, 0.2) is 94.5 Å². The summed E-state index contributed by atoms with van der Waals surface area (Å²) in [5, 5.41) is 9.51.